The van der Waals surface area contributed by atoms with Crippen molar-refractivity contribution in [3.63, 3.8) is 0 Å². The lowest BCUT2D eigenvalue weighted by Crippen LogP contribution is -2.10. The molecule has 0 spiro atoms. The van der Waals surface area contributed by atoms with Gasteiger partial charge in [0.15, 0.2) is 21.6 Å². The maximum absolute atomic E-state index is 12.5. The molecule has 1 aromatic heterocycles. The monoisotopic (exact) mass is 322 g/mol. The zero-order valence-corrected chi connectivity index (χ0v) is 13.5. The molecule has 0 saturated heterocycles. The molecular weight excluding hydrogens is 308 g/mol. The minimum atomic E-state index is -0.149. The van der Waals surface area contributed by atoms with Crippen LogP contribution in [0.1, 0.15) is 20.9 Å². The van der Waals surface area contributed by atoms with Crippen molar-refractivity contribution in [1.29, 1.82) is 0 Å². The third kappa shape index (κ3) is 2.63. The number of methoxy groups -OCH3 is 2. The number of benzene rings is 1. The number of carbonyl (C=O) groups is 1. The lowest BCUT2D eigenvalue weighted by molar-refractivity contribution is 0.1000. The van der Waals surface area contributed by atoms with Gasteiger partial charge in [0.2, 0.25) is 0 Å². The summed E-state index contributed by atoms with van der Waals surface area (Å²) in [5.74, 6) is 1.35. The number of nitrogens with zero attached hydrogens (tertiary/aromatic N) is 2. The van der Waals surface area contributed by atoms with E-state index in [4.69, 9.17) is 9.47 Å². The van der Waals surface area contributed by atoms with Crippen LogP contribution in [-0.2, 0) is 6.42 Å². The topological polar surface area (TPSA) is 61.3 Å². The molecule has 0 fully saturated rings. The molecule has 3 rings (SSSR count). The molecule has 0 N–H and O–H groups in total. The van der Waals surface area contributed by atoms with Crippen LogP contribution in [0.3, 0.4) is 0 Å². The zero-order chi connectivity index (χ0) is 15.0. The molecule has 5 nitrogen and oxygen atoms in total. The van der Waals surface area contributed by atoms with Crippen LogP contribution in [0.2, 0.25) is 0 Å². The molecule has 2 aromatic rings. The molecule has 1 atom stereocenters. The lowest BCUT2D eigenvalue weighted by atomic mass is 10.1. The van der Waals surface area contributed by atoms with E-state index in [0.29, 0.717) is 23.5 Å². The fourth-order valence-electron chi connectivity index (χ4n) is 2.33. The Morgan fingerprint density at radius 3 is 2.57 bits per heavy atom. The maximum atomic E-state index is 12.5. The van der Waals surface area contributed by atoms with E-state index in [0.717, 1.165) is 14.9 Å². The summed E-state index contributed by atoms with van der Waals surface area (Å²) in [6.45, 7) is 1.91. The van der Waals surface area contributed by atoms with Crippen LogP contribution < -0.4 is 9.47 Å². The van der Waals surface area contributed by atoms with Gasteiger partial charge in [-0.25, -0.2) is 0 Å². The number of ketones is 1. The number of Topliss-reactive ketones (excluding diaryl/α,β-unsaturated/α-hetero) is 1. The highest BCUT2D eigenvalue weighted by Gasteiger charge is 2.33. The number of fused-ring (bicyclic) bond motifs is 1. The number of thioether (sulfide) groups is 1. The smallest absolute Gasteiger partial charge is 0.177 e. The van der Waals surface area contributed by atoms with Gasteiger partial charge >= 0.3 is 0 Å². The lowest BCUT2D eigenvalue weighted by Gasteiger charge is -2.09. The van der Waals surface area contributed by atoms with Gasteiger partial charge in [-0.05, 0) is 31.0 Å². The summed E-state index contributed by atoms with van der Waals surface area (Å²) in [6, 6.07) is 3.65. The van der Waals surface area contributed by atoms with Gasteiger partial charge in [-0.3, -0.25) is 4.79 Å². The van der Waals surface area contributed by atoms with Crippen molar-refractivity contribution in [2.45, 2.75) is 22.9 Å². The van der Waals surface area contributed by atoms with Gasteiger partial charge in [-0.2, -0.15) is 0 Å². The summed E-state index contributed by atoms with van der Waals surface area (Å²) < 4.78 is 11.4. The normalized spacial score (nSPS) is 16.9. The molecule has 0 aliphatic heterocycles. The third-order valence-corrected chi connectivity index (χ3v) is 5.44. The standard InChI is InChI=1S/C14H14N2O3S2/c1-7-15-16-14(20-7)21-12-5-8-4-10(18-2)11(19-3)6-9(8)13(12)17/h4,6,12H,5H2,1-3H3/t12-/m1/s1. The molecule has 1 aromatic carbocycles. The molecule has 1 aliphatic carbocycles. The van der Waals surface area contributed by atoms with E-state index in [-0.39, 0.29) is 11.0 Å². The molecule has 0 saturated carbocycles. The molecule has 0 unspecified atom stereocenters. The average molecular weight is 322 g/mol. The van der Waals surface area contributed by atoms with Crippen molar-refractivity contribution < 1.29 is 14.3 Å². The molecule has 1 aliphatic rings. The van der Waals surface area contributed by atoms with E-state index in [1.54, 1.807) is 20.3 Å². The average Bonchev–Trinajstić information content (AvgIpc) is 3.02. The highest BCUT2D eigenvalue weighted by atomic mass is 32.2. The van der Waals surface area contributed by atoms with Crippen molar-refractivity contribution in [1.82, 2.24) is 10.2 Å². The first-order valence-electron chi connectivity index (χ1n) is 6.38. The fourth-order valence-corrected chi connectivity index (χ4v) is 4.48. The first kappa shape index (κ1) is 14.3. The summed E-state index contributed by atoms with van der Waals surface area (Å²) in [6.07, 6.45) is 0.678. The van der Waals surface area contributed by atoms with E-state index in [1.807, 2.05) is 13.0 Å². The number of hydrogen-bond donors (Lipinski definition) is 0. The highest BCUT2D eigenvalue weighted by molar-refractivity contribution is 8.02. The molecule has 21 heavy (non-hydrogen) atoms. The zero-order valence-electron chi connectivity index (χ0n) is 11.9. The quantitative estimate of drug-likeness (QED) is 0.862. The van der Waals surface area contributed by atoms with E-state index in [1.165, 1.54) is 23.1 Å². The first-order valence-corrected chi connectivity index (χ1v) is 8.08. The predicted molar refractivity (Wildman–Crippen MR) is 81.9 cm³/mol. The van der Waals surface area contributed by atoms with Gasteiger partial charge in [-0.15, -0.1) is 10.2 Å². The Bertz CT molecular complexity index is 700. The first-order chi connectivity index (χ1) is 10.1. The summed E-state index contributed by atoms with van der Waals surface area (Å²) in [5, 5.41) is 8.82. The van der Waals surface area contributed by atoms with E-state index < -0.39 is 0 Å². The van der Waals surface area contributed by atoms with Gasteiger partial charge in [0.25, 0.3) is 0 Å². The van der Waals surface area contributed by atoms with Crippen LogP contribution in [0.4, 0.5) is 0 Å². The number of hydrogen-bond acceptors (Lipinski definition) is 7. The fraction of sp³-hybridized carbons (Fsp3) is 0.357. The molecule has 0 bridgehead atoms. The van der Waals surface area contributed by atoms with Crippen LogP contribution in [0.5, 0.6) is 11.5 Å². The Balaban J connectivity index is 1.87. The van der Waals surface area contributed by atoms with Crippen LogP contribution in [0.15, 0.2) is 16.5 Å². The predicted octanol–water partition coefficient (Wildman–Crippen LogP) is 2.76. The Morgan fingerprint density at radius 2 is 1.95 bits per heavy atom. The van der Waals surface area contributed by atoms with E-state index >= 15 is 0 Å². The number of ether oxygens (including phenoxy) is 2. The Hall–Kier alpha value is -1.60. The van der Waals surface area contributed by atoms with Crippen LogP contribution in [-0.4, -0.2) is 35.5 Å². The van der Waals surface area contributed by atoms with Crippen molar-refractivity contribution in [3.8, 4) is 11.5 Å². The second-order valence-corrected chi connectivity index (χ2v) is 7.26. The van der Waals surface area contributed by atoms with Gasteiger partial charge in [-0.1, -0.05) is 23.1 Å². The highest BCUT2D eigenvalue weighted by Crippen LogP contribution is 2.40. The Kier molecular flexibility index (Phi) is 3.86. The summed E-state index contributed by atoms with van der Waals surface area (Å²) in [5.41, 5.74) is 1.71. The van der Waals surface area contributed by atoms with Gasteiger partial charge in [0.05, 0.1) is 19.5 Å². The number of aromatic nitrogens is 2. The van der Waals surface area contributed by atoms with Crippen molar-refractivity contribution in [3.05, 3.63) is 28.3 Å². The minimum absolute atomic E-state index is 0.115. The molecule has 0 amide bonds. The molecular formula is C14H14N2O3S2. The SMILES string of the molecule is COc1cc2c(cc1OC)C(=O)[C@H](Sc1nnc(C)s1)C2. The summed E-state index contributed by atoms with van der Waals surface area (Å²) >= 11 is 2.99. The van der Waals surface area contributed by atoms with Crippen LogP contribution in [0.25, 0.3) is 0 Å². The second-order valence-electron chi connectivity index (χ2n) is 4.63. The molecule has 7 heteroatoms. The Morgan fingerprint density at radius 1 is 1.24 bits per heavy atom. The number of carbonyl (C=O) groups excluding carboxylic acids is 1. The second kappa shape index (κ2) is 5.65. The largest absolute Gasteiger partial charge is 0.493 e. The molecule has 1 heterocycles. The maximum Gasteiger partial charge on any atom is 0.177 e. The van der Waals surface area contributed by atoms with Crippen molar-refractivity contribution in [2.24, 2.45) is 0 Å². The molecule has 110 valence electrons. The number of aryl methyl sites for hydroxylation is 1. The molecule has 0 radical (unpaired) electrons. The Labute approximate surface area is 130 Å². The van der Waals surface area contributed by atoms with Crippen LogP contribution >= 0.6 is 23.1 Å². The van der Waals surface area contributed by atoms with E-state index in [9.17, 15) is 4.79 Å². The van der Waals surface area contributed by atoms with Crippen molar-refractivity contribution in [2.75, 3.05) is 14.2 Å². The van der Waals surface area contributed by atoms with Gasteiger partial charge in [0.1, 0.15) is 5.01 Å². The minimum Gasteiger partial charge on any atom is -0.493 e. The third-order valence-electron chi connectivity index (χ3n) is 3.32. The number of rotatable bonds is 4. The van der Waals surface area contributed by atoms with Crippen molar-refractivity contribution >= 4 is 28.9 Å². The van der Waals surface area contributed by atoms with E-state index in [2.05, 4.69) is 10.2 Å². The summed E-state index contributed by atoms with van der Waals surface area (Å²) in [7, 11) is 3.16. The van der Waals surface area contributed by atoms with Crippen LogP contribution in [0, 0.1) is 6.92 Å². The summed E-state index contributed by atoms with van der Waals surface area (Å²) in [4.78, 5) is 12.5. The van der Waals surface area contributed by atoms with Gasteiger partial charge < -0.3 is 9.47 Å². The van der Waals surface area contributed by atoms with Gasteiger partial charge in [0, 0.05) is 5.56 Å².